The highest BCUT2D eigenvalue weighted by Gasteiger charge is 2.07. The molecule has 96 valence electrons. The van der Waals surface area contributed by atoms with Gasteiger partial charge in [-0.3, -0.25) is 0 Å². The summed E-state index contributed by atoms with van der Waals surface area (Å²) in [5.41, 5.74) is 1.39. The Balaban J connectivity index is 2.44. The highest BCUT2D eigenvalue weighted by molar-refractivity contribution is 9.10. The third kappa shape index (κ3) is 6.20. The molecule has 2 nitrogen and oxygen atoms in total. The molecule has 0 saturated carbocycles. The van der Waals surface area contributed by atoms with Gasteiger partial charge in [0.1, 0.15) is 0 Å². The van der Waals surface area contributed by atoms with Gasteiger partial charge in [-0.1, -0.05) is 35.0 Å². The van der Waals surface area contributed by atoms with Gasteiger partial charge < -0.3 is 10.1 Å². The van der Waals surface area contributed by atoms with Crippen LogP contribution in [0.3, 0.4) is 0 Å². The molecule has 0 aliphatic carbocycles. The number of ether oxygens (including phenoxy) is 1. The van der Waals surface area contributed by atoms with Crippen molar-refractivity contribution in [3.05, 3.63) is 34.3 Å². The van der Waals surface area contributed by atoms with Gasteiger partial charge in [0.25, 0.3) is 0 Å². The van der Waals surface area contributed by atoms with Crippen LogP contribution >= 0.6 is 15.9 Å². The van der Waals surface area contributed by atoms with Gasteiger partial charge in [0.15, 0.2) is 0 Å². The summed E-state index contributed by atoms with van der Waals surface area (Å²) in [7, 11) is 1.76. The first kappa shape index (κ1) is 14.7. The zero-order valence-corrected chi connectivity index (χ0v) is 12.3. The predicted octanol–water partition coefficient (Wildman–Crippen LogP) is 3.40. The lowest BCUT2D eigenvalue weighted by Gasteiger charge is -2.17. The molecule has 0 fully saturated rings. The largest absolute Gasteiger partial charge is 0.385 e. The topological polar surface area (TPSA) is 21.3 Å². The van der Waals surface area contributed by atoms with Crippen LogP contribution in [-0.2, 0) is 11.2 Å². The van der Waals surface area contributed by atoms with E-state index in [2.05, 4.69) is 52.4 Å². The van der Waals surface area contributed by atoms with E-state index in [1.807, 2.05) is 0 Å². The van der Waals surface area contributed by atoms with E-state index in [9.17, 15) is 0 Å². The second-order valence-corrected chi connectivity index (χ2v) is 5.14. The van der Waals surface area contributed by atoms with Crippen molar-refractivity contribution >= 4 is 15.9 Å². The Kier molecular flexibility index (Phi) is 7.49. The van der Waals surface area contributed by atoms with Gasteiger partial charge in [-0.25, -0.2) is 0 Å². The maximum atomic E-state index is 5.10. The lowest BCUT2D eigenvalue weighted by molar-refractivity contribution is 0.188. The normalized spacial score (nSPS) is 12.6. The molecule has 0 aliphatic heterocycles. The number of halogens is 1. The van der Waals surface area contributed by atoms with Crippen LogP contribution in [0.2, 0.25) is 0 Å². The Morgan fingerprint density at radius 2 is 2.00 bits per heavy atom. The minimum absolute atomic E-state index is 0.552. The number of hydrogen-bond acceptors (Lipinski definition) is 2. The first-order chi connectivity index (χ1) is 8.26. The molecular formula is C14H22BrNO. The molecule has 0 radical (unpaired) electrons. The summed E-state index contributed by atoms with van der Waals surface area (Å²) in [6.07, 6.45) is 3.37. The van der Waals surface area contributed by atoms with Crippen molar-refractivity contribution in [3.8, 4) is 0 Å². The van der Waals surface area contributed by atoms with Crippen molar-refractivity contribution in [2.75, 3.05) is 20.3 Å². The van der Waals surface area contributed by atoms with Gasteiger partial charge in [0.2, 0.25) is 0 Å². The van der Waals surface area contributed by atoms with Crippen LogP contribution in [0.25, 0.3) is 0 Å². The van der Waals surface area contributed by atoms with Crippen LogP contribution in [0.4, 0.5) is 0 Å². The van der Waals surface area contributed by atoms with Crippen molar-refractivity contribution in [1.29, 1.82) is 0 Å². The fraction of sp³-hybridized carbons (Fsp3) is 0.571. The summed E-state index contributed by atoms with van der Waals surface area (Å²) in [6, 6.07) is 9.13. The zero-order chi connectivity index (χ0) is 12.5. The van der Waals surface area contributed by atoms with Crippen molar-refractivity contribution in [2.45, 2.75) is 32.2 Å². The Labute approximate surface area is 113 Å². The predicted molar refractivity (Wildman–Crippen MR) is 76.4 cm³/mol. The van der Waals surface area contributed by atoms with Crippen LogP contribution in [0.15, 0.2) is 28.7 Å². The standard InChI is InChI=1S/C14H22BrNO/c1-3-16-14(5-4-10-17-2)11-12-6-8-13(15)9-7-12/h6-9,14,16H,3-5,10-11H2,1-2H3. The van der Waals surface area contributed by atoms with Gasteiger partial charge in [0.05, 0.1) is 0 Å². The average molecular weight is 300 g/mol. The lowest BCUT2D eigenvalue weighted by atomic mass is 10.0. The molecule has 1 aromatic carbocycles. The smallest absolute Gasteiger partial charge is 0.0462 e. The molecule has 17 heavy (non-hydrogen) atoms. The van der Waals surface area contributed by atoms with Crippen molar-refractivity contribution < 1.29 is 4.74 Å². The Hall–Kier alpha value is -0.380. The first-order valence-corrected chi connectivity index (χ1v) is 7.02. The van der Waals surface area contributed by atoms with Crippen LogP contribution in [0.5, 0.6) is 0 Å². The summed E-state index contributed by atoms with van der Waals surface area (Å²) in [5, 5.41) is 3.54. The Bertz CT molecular complexity index is 300. The molecule has 1 unspecified atom stereocenters. The lowest BCUT2D eigenvalue weighted by Crippen LogP contribution is -2.31. The van der Waals surface area contributed by atoms with Gasteiger partial charge in [-0.05, 0) is 43.5 Å². The highest BCUT2D eigenvalue weighted by Crippen LogP contribution is 2.13. The number of methoxy groups -OCH3 is 1. The van der Waals surface area contributed by atoms with Gasteiger partial charge >= 0.3 is 0 Å². The fourth-order valence-corrected chi connectivity index (χ4v) is 2.21. The molecule has 0 saturated heterocycles. The number of hydrogen-bond donors (Lipinski definition) is 1. The van der Waals surface area contributed by atoms with E-state index in [0.29, 0.717) is 6.04 Å². The minimum atomic E-state index is 0.552. The number of likely N-dealkylation sites (N-methyl/N-ethyl adjacent to an activating group) is 1. The fourth-order valence-electron chi connectivity index (χ4n) is 1.94. The SMILES string of the molecule is CCNC(CCCOC)Cc1ccc(Br)cc1. The van der Waals surface area contributed by atoms with Crippen LogP contribution in [0, 0.1) is 0 Å². The molecular weight excluding hydrogens is 278 g/mol. The summed E-state index contributed by atoms with van der Waals surface area (Å²) in [5.74, 6) is 0. The first-order valence-electron chi connectivity index (χ1n) is 6.23. The van der Waals surface area contributed by atoms with Crippen LogP contribution in [-0.4, -0.2) is 26.3 Å². The van der Waals surface area contributed by atoms with Gasteiger partial charge in [-0.2, -0.15) is 0 Å². The Morgan fingerprint density at radius 3 is 2.59 bits per heavy atom. The third-order valence-corrected chi connectivity index (χ3v) is 3.32. The van der Waals surface area contributed by atoms with E-state index < -0.39 is 0 Å². The summed E-state index contributed by atoms with van der Waals surface area (Å²) >= 11 is 3.46. The molecule has 1 aromatic rings. The summed E-state index contributed by atoms with van der Waals surface area (Å²) in [6.45, 7) is 4.03. The molecule has 3 heteroatoms. The molecule has 0 aromatic heterocycles. The molecule has 0 bridgehead atoms. The van der Waals surface area contributed by atoms with Crippen LogP contribution < -0.4 is 5.32 Å². The Morgan fingerprint density at radius 1 is 1.29 bits per heavy atom. The van der Waals surface area contributed by atoms with Gasteiger partial charge in [-0.15, -0.1) is 0 Å². The quantitative estimate of drug-likeness (QED) is 0.743. The molecule has 0 heterocycles. The monoisotopic (exact) mass is 299 g/mol. The van der Waals surface area contributed by atoms with Crippen LogP contribution in [0.1, 0.15) is 25.3 Å². The molecule has 1 atom stereocenters. The second-order valence-electron chi connectivity index (χ2n) is 4.22. The summed E-state index contributed by atoms with van der Waals surface area (Å²) < 4.78 is 6.24. The van der Waals surface area contributed by atoms with E-state index in [1.165, 1.54) is 5.56 Å². The van der Waals surface area contributed by atoms with Crippen molar-refractivity contribution in [1.82, 2.24) is 5.32 Å². The molecule has 1 N–H and O–H groups in total. The zero-order valence-electron chi connectivity index (χ0n) is 10.7. The highest BCUT2D eigenvalue weighted by atomic mass is 79.9. The van der Waals surface area contributed by atoms with E-state index in [-0.39, 0.29) is 0 Å². The van der Waals surface area contributed by atoms with E-state index in [4.69, 9.17) is 4.74 Å². The average Bonchev–Trinajstić information content (AvgIpc) is 2.32. The maximum absolute atomic E-state index is 5.10. The second kappa shape index (κ2) is 8.67. The number of nitrogens with one attached hydrogen (secondary N) is 1. The van der Waals surface area contributed by atoms with Crippen molar-refractivity contribution in [2.24, 2.45) is 0 Å². The summed E-state index contributed by atoms with van der Waals surface area (Å²) in [4.78, 5) is 0. The van der Waals surface area contributed by atoms with Gasteiger partial charge in [0, 0.05) is 24.2 Å². The van der Waals surface area contributed by atoms with E-state index in [0.717, 1.165) is 36.9 Å². The number of benzene rings is 1. The minimum Gasteiger partial charge on any atom is -0.385 e. The molecule has 0 aliphatic rings. The maximum Gasteiger partial charge on any atom is 0.0462 e. The molecule has 1 rings (SSSR count). The van der Waals surface area contributed by atoms with E-state index >= 15 is 0 Å². The third-order valence-electron chi connectivity index (χ3n) is 2.79. The van der Waals surface area contributed by atoms with E-state index in [1.54, 1.807) is 7.11 Å². The molecule has 0 amide bonds. The number of rotatable bonds is 8. The molecule has 0 spiro atoms. The van der Waals surface area contributed by atoms with Crippen molar-refractivity contribution in [3.63, 3.8) is 0 Å².